The van der Waals surface area contributed by atoms with Crippen LogP contribution in [0.1, 0.15) is 52.4 Å². The van der Waals surface area contributed by atoms with Crippen molar-refractivity contribution in [3.05, 3.63) is 0 Å². The van der Waals surface area contributed by atoms with Crippen molar-refractivity contribution in [2.45, 2.75) is 52.4 Å². The van der Waals surface area contributed by atoms with E-state index in [0.29, 0.717) is 0 Å². The summed E-state index contributed by atoms with van der Waals surface area (Å²) in [5, 5.41) is 2.37. The summed E-state index contributed by atoms with van der Waals surface area (Å²) < 4.78 is 5.26. The first-order valence-electron chi connectivity index (χ1n) is 6.31. The fourth-order valence-electron chi connectivity index (χ4n) is 1.52. The smallest absolute Gasteiger partial charge is 0.0993 e. The SMILES string of the molecule is CCCCCCCC[NH2+]CCOCC. The predicted octanol–water partition coefficient (Wildman–Crippen LogP) is 1.95. The van der Waals surface area contributed by atoms with Crippen molar-refractivity contribution in [1.29, 1.82) is 0 Å². The third-order valence-electron chi connectivity index (χ3n) is 2.43. The maximum Gasteiger partial charge on any atom is 0.0993 e. The van der Waals surface area contributed by atoms with E-state index < -0.39 is 0 Å². The van der Waals surface area contributed by atoms with Crippen LogP contribution in [0, 0.1) is 0 Å². The predicted molar refractivity (Wildman–Crippen MR) is 61.5 cm³/mol. The van der Waals surface area contributed by atoms with Gasteiger partial charge in [0.05, 0.1) is 19.7 Å². The Hall–Kier alpha value is -0.0800. The van der Waals surface area contributed by atoms with Gasteiger partial charge in [0, 0.05) is 6.61 Å². The maximum absolute atomic E-state index is 5.26. The van der Waals surface area contributed by atoms with Crippen LogP contribution in [0.5, 0.6) is 0 Å². The van der Waals surface area contributed by atoms with Gasteiger partial charge in [-0.25, -0.2) is 0 Å². The van der Waals surface area contributed by atoms with E-state index in [1.165, 1.54) is 45.1 Å². The molecule has 0 aromatic carbocycles. The molecule has 0 amide bonds. The molecule has 0 spiro atoms. The zero-order valence-corrected chi connectivity index (χ0v) is 10.1. The van der Waals surface area contributed by atoms with Crippen LogP contribution in [0.25, 0.3) is 0 Å². The van der Waals surface area contributed by atoms with Gasteiger partial charge in [-0.15, -0.1) is 0 Å². The van der Waals surface area contributed by atoms with E-state index in [-0.39, 0.29) is 0 Å². The topological polar surface area (TPSA) is 25.8 Å². The molecule has 0 saturated heterocycles. The Morgan fingerprint density at radius 2 is 1.57 bits per heavy atom. The van der Waals surface area contributed by atoms with Gasteiger partial charge in [-0.3, -0.25) is 0 Å². The number of quaternary nitrogens is 1. The molecule has 2 nitrogen and oxygen atoms in total. The average Bonchev–Trinajstić information content (AvgIpc) is 2.21. The number of ether oxygens (including phenoxy) is 1. The molecular weight excluding hydrogens is 174 g/mol. The highest BCUT2D eigenvalue weighted by atomic mass is 16.5. The Morgan fingerprint density at radius 1 is 0.857 bits per heavy atom. The van der Waals surface area contributed by atoms with Crippen LogP contribution < -0.4 is 5.32 Å². The summed E-state index contributed by atoms with van der Waals surface area (Å²) in [7, 11) is 0. The first kappa shape index (κ1) is 13.9. The van der Waals surface area contributed by atoms with Gasteiger partial charge >= 0.3 is 0 Å². The summed E-state index contributed by atoms with van der Waals surface area (Å²) in [4.78, 5) is 0. The summed E-state index contributed by atoms with van der Waals surface area (Å²) in [6.07, 6.45) is 8.39. The highest BCUT2D eigenvalue weighted by Gasteiger charge is 1.92. The summed E-state index contributed by atoms with van der Waals surface area (Å²) in [6, 6.07) is 0. The largest absolute Gasteiger partial charge is 0.376 e. The number of nitrogens with two attached hydrogens (primary N) is 1. The molecule has 0 rings (SSSR count). The Kier molecular flexibility index (Phi) is 12.8. The average molecular weight is 202 g/mol. The zero-order chi connectivity index (χ0) is 10.5. The molecule has 0 saturated carbocycles. The fraction of sp³-hybridized carbons (Fsp3) is 1.00. The summed E-state index contributed by atoms with van der Waals surface area (Å²) in [5.41, 5.74) is 0. The molecule has 0 unspecified atom stereocenters. The summed E-state index contributed by atoms with van der Waals surface area (Å²) >= 11 is 0. The molecule has 2 heteroatoms. The second-order valence-corrected chi connectivity index (χ2v) is 3.83. The second-order valence-electron chi connectivity index (χ2n) is 3.83. The maximum atomic E-state index is 5.26. The summed E-state index contributed by atoms with van der Waals surface area (Å²) in [6.45, 7) is 8.48. The van der Waals surface area contributed by atoms with Crippen LogP contribution in [0.2, 0.25) is 0 Å². The fourth-order valence-corrected chi connectivity index (χ4v) is 1.52. The lowest BCUT2D eigenvalue weighted by Gasteiger charge is -2.02. The molecule has 0 aliphatic rings. The standard InChI is InChI=1S/C12H27NO/c1-3-5-6-7-8-9-10-13-11-12-14-4-2/h13H,3-12H2,1-2H3/p+1. The lowest BCUT2D eigenvalue weighted by atomic mass is 10.1. The molecule has 14 heavy (non-hydrogen) atoms. The Morgan fingerprint density at radius 3 is 2.29 bits per heavy atom. The zero-order valence-electron chi connectivity index (χ0n) is 10.1. The molecule has 0 atom stereocenters. The molecule has 0 heterocycles. The van der Waals surface area contributed by atoms with Crippen molar-refractivity contribution in [1.82, 2.24) is 0 Å². The molecule has 0 aromatic heterocycles. The molecule has 0 bridgehead atoms. The van der Waals surface area contributed by atoms with Gasteiger partial charge in [0.1, 0.15) is 0 Å². The molecule has 0 fully saturated rings. The van der Waals surface area contributed by atoms with Gasteiger partial charge in [0.15, 0.2) is 0 Å². The van der Waals surface area contributed by atoms with Crippen molar-refractivity contribution in [3.8, 4) is 0 Å². The highest BCUT2D eigenvalue weighted by Crippen LogP contribution is 2.03. The van der Waals surface area contributed by atoms with Crippen LogP contribution in [0.15, 0.2) is 0 Å². The monoisotopic (exact) mass is 202 g/mol. The Labute approximate surface area is 89.4 Å². The van der Waals surface area contributed by atoms with Crippen LogP contribution in [-0.4, -0.2) is 26.3 Å². The van der Waals surface area contributed by atoms with Gasteiger partial charge in [-0.2, -0.15) is 0 Å². The van der Waals surface area contributed by atoms with Gasteiger partial charge in [0.2, 0.25) is 0 Å². The molecule has 0 aromatic rings. The Bertz CT molecular complexity index is 84.3. The third kappa shape index (κ3) is 11.9. The summed E-state index contributed by atoms with van der Waals surface area (Å²) in [5.74, 6) is 0. The van der Waals surface area contributed by atoms with Crippen LogP contribution >= 0.6 is 0 Å². The third-order valence-corrected chi connectivity index (χ3v) is 2.43. The number of unbranched alkanes of at least 4 members (excludes halogenated alkanes) is 5. The molecular formula is C12H28NO+. The van der Waals surface area contributed by atoms with E-state index in [0.717, 1.165) is 19.8 Å². The van der Waals surface area contributed by atoms with Crippen molar-refractivity contribution >= 4 is 0 Å². The molecule has 0 aliphatic heterocycles. The molecule has 0 radical (unpaired) electrons. The van der Waals surface area contributed by atoms with Crippen LogP contribution in [-0.2, 0) is 4.74 Å². The van der Waals surface area contributed by atoms with Gasteiger partial charge < -0.3 is 10.1 Å². The van der Waals surface area contributed by atoms with E-state index in [1.807, 2.05) is 6.92 Å². The van der Waals surface area contributed by atoms with E-state index in [1.54, 1.807) is 0 Å². The van der Waals surface area contributed by atoms with Crippen molar-refractivity contribution in [3.63, 3.8) is 0 Å². The lowest BCUT2D eigenvalue weighted by molar-refractivity contribution is -0.656. The van der Waals surface area contributed by atoms with Crippen LogP contribution in [0.4, 0.5) is 0 Å². The Balaban J connectivity index is 2.78. The van der Waals surface area contributed by atoms with E-state index in [4.69, 9.17) is 4.74 Å². The highest BCUT2D eigenvalue weighted by molar-refractivity contribution is 4.41. The second kappa shape index (κ2) is 12.9. The van der Waals surface area contributed by atoms with Crippen molar-refractivity contribution < 1.29 is 10.1 Å². The minimum Gasteiger partial charge on any atom is -0.376 e. The van der Waals surface area contributed by atoms with Gasteiger partial charge in [-0.05, 0) is 19.8 Å². The van der Waals surface area contributed by atoms with Crippen molar-refractivity contribution in [2.75, 3.05) is 26.3 Å². The number of hydrogen-bond acceptors (Lipinski definition) is 1. The first-order valence-corrected chi connectivity index (χ1v) is 6.31. The minimum atomic E-state index is 0.852. The van der Waals surface area contributed by atoms with Gasteiger partial charge in [-0.1, -0.05) is 32.6 Å². The number of rotatable bonds is 11. The van der Waals surface area contributed by atoms with E-state index in [2.05, 4.69) is 12.2 Å². The normalized spacial score (nSPS) is 10.7. The van der Waals surface area contributed by atoms with Gasteiger partial charge in [0.25, 0.3) is 0 Å². The first-order chi connectivity index (χ1) is 6.91. The quantitative estimate of drug-likeness (QED) is 0.509. The van der Waals surface area contributed by atoms with Crippen LogP contribution in [0.3, 0.4) is 0 Å². The number of hydrogen-bond donors (Lipinski definition) is 1. The molecule has 0 aliphatic carbocycles. The lowest BCUT2D eigenvalue weighted by Crippen LogP contribution is -2.85. The van der Waals surface area contributed by atoms with E-state index >= 15 is 0 Å². The van der Waals surface area contributed by atoms with Crippen molar-refractivity contribution in [2.24, 2.45) is 0 Å². The molecule has 86 valence electrons. The molecule has 2 N–H and O–H groups in total. The minimum absolute atomic E-state index is 0.852. The van der Waals surface area contributed by atoms with E-state index in [9.17, 15) is 0 Å².